The first-order chi connectivity index (χ1) is 8.50. The fourth-order valence-electron chi connectivity index (χ4n) is 1.70. The molecular weight excluding hydrogens is 228 g/mol. The highest BCUT2D eigenvalue weighted by Crippen LogP contribution is 2.26. The van der Waals surface area contributed by atoms with Gasteiger partial charge in [0.2, 0.25) is 0 Å². The number of nitrogens with one attached hydrogen (secondary N) is 1. The lowest BCUT2D eigenvalue weighted by molar-refractivity contribution is 0.217. The van der Waals surface area contributed by atoms with Gasteiger partial charge in [0, 0.05) is 6.04 Å². The molecule has 1 aromatic carbocycles. The second-order valence-corrected chi connectivity index (χ2v) is 4.68. The Morgan fingerprint density at radius 1 is 1.33 bits per heavy atom. The Labute approximate surface area is 109 Å². The molecule has 18 heavy (non-hydrogen) atoms. The van der Waals surface area contributed by atoms with E-state index in [1.54, 1.807) is 7.11 Å². The molecule has 0 radical (unpaired) electrons. The molecule has 1 aromatic rings. The van der Waals surface area contributed by atoms with Crippen molar-refractivity contribution in [3.63, 3.8) is 0 Å². The molecule has 1 unspecified atom stereocenters. The van der Waals surface area contributed by atoms with Crippen molar-refractivity contribution in [3.05, 3.63) is 24.3 Å². The molecule has 0 aromatic heterocycles. The van der Waals surface area contributed by atoms with Crippen molar-refractivity contribution < 1.29 is 9.47 Å². The zero-order valence-electron chi connectivity index (χ0n) is 11.4. The lowest BCUT2D eigenvalue weighted by Crippen LogP contribution is -2.49. The third-order valence-corrected chi connectivity index (χ3v) is 2.44. The van der Waals surface area contributed by atoms with Gasteiger partial charge >= 0.3 is 0 Å². The molecular formula is C14H20N2O2. The van der Waals surface area contributed by atoms with Crippen LogP contribution in [-0.2, 0) is 0 Å². The minimum Gasteiger partial charge on any atom is -0.493 e. The second kappa shape index (κ2) is 6.27. The van der Waals surface area contributed by atoms with Crippen LogP contribution in [0.2, 0.25) is 0 Å². The quantitative estimate of drug-likeness (QED) is 0.839. The summed E-state index contributed by atoms with van der Waals surface area (Å²) in [6.07, 6.45) is 0. The minimum absolute atomic E-state index is 0.218. The number of hydrogen-bond donors (Lipinski definition) is 1. The molecule has 0 heterocycles. The molecule has 0 saturated heterocycles. The van der Waals surface area contributed by atoms with Gasteiger partial charge in [0.15, 0.2) is 11.5 Å². The van der Waals surface area contributed by atoms with Gasteiger partial charge in [-0.2, -0.15) is 5.26 Å². The number of ether oxygens (including phenoxy) is 2. The number of nitrogens with zero attached hydrogens (tertiary/aromatic N) is 1. The zero-order chi connectivity index (χ0) is 13.6. The highest BCUT2D eigenvalue weighted by atomic mass is 16.5. The first kappa shape index (κ1) is 14.3. The summed E-state index contributed by atoms with van der Waals surface area (Å²) in [5.41, 5.74) is -0.713. The maximum absolute atomic E-state index is 9.21. The van der Waals surface area contributed by atoms with Gasteiger partial charge in [0.05, 0.1) is 13.2 Å². The summed E-state index contributed by atoms with van der Waals surface area (Å²) >= 11 is 0. The van der Waals surface area contributed by atoms with Gasteiger partial charge < -0.3 is 9.47 Å². The maximum Gasteiger partial charge on any atom is 0.161 e. The molecule has 0 amide bonds. The molecule has 0 spiro atoms. The lowest BCUT2D eigenvalue weighted by atomic mass is 10.1. The SMILES string of the molecule is COc1ccccc1OCC(C)(C#N)NC(C)C. The molecule has 0 aliphatic rings. The summed E-state index contributed by atoms with van der Waals surface area (Å²) in [5, 5.41) is 12.4. The average Bonchev–Trinajstić information content (AvgIpc) is 2.36. The van der Waals surface area contributed by atoms with Crippen molar-refractivity contribution >= 4 is 0 Å². The molecule has 1 rings (SSSR count). The van der Waals surface area contributed by atoms with Gasteiger partial charge in [-0.3, -0.25) is 5.32 Å². The van der Waals surface area contributed by atoms with Gasteiger partial charge in [-0.05, 0) is 32.9 Å². The van der Waals surface area contributed by atoms with Crippen LogP contribution in [0.15, 0.2) is 24.3 Å². The summed E-state index contributed by atoms with van der Waals surface area (Å²) in [6, 6.07) is 9.86. The molecule has 4 nitrogen and oxygen atoms in total. The number of hydrogen-bond acceptors (Lipinski definition) is 4. The average molecular weight is 248 g/mol. The fourth-order valence-corrected chi connectivity index (χ4v) is 1.70. The highest BCUT2D eigenvalue weighted by Gasteiger charge is 2.25. The third-order valence-electron chi connectivity index (χ3n) is 2.44. The van der Waals surface area contributed by atoms with E-state index in [-0.39, 0.29) is 12.6 Å². The van der Waals surface area contributed by atoms with E-state index in [0.29, 0.717) is 11.5 Å². The smallest absolute Gasteiger partial charge is 0.161 e. The number of para-hydroxylation sites is 2. The standard InChI is InChI=1S/C14H20N2O2/c1-11(2)16-14(3,9-15)10-18-13-8-6-5-7-12(13)17-4/h5-8,11,16H,10H2,1-4H3. The molecule has 1 N–H and O–H groups in total. The predicted molar refractivity (Wildman–Crippen MR) is 70.8 cm³/mol. The Hall–Kier alpha value is -1.73. The van der Waals surface area contributed by atoms with E-state index in [2.05, 4.69) is 11.4 Å². The summed E-state index contributed by atoms with van der Waals surface area (Å²) in [6.45, 7) is 6.09. The van der Waals surface area contributed by atoms with Crippen LogP contribution >= 0.6 is 0 Å². The first-order valence-corrected chi connectivity index (χ1v) is 5.95. The summed E-state index contributed by atoms with van der Waals surface area (Å²) in [7, 11) is 1.60. The molecule has 0 bridgehead atoms. The van der Waals surface area contributed by atoms with Crippen LogP contribution < -0.4 is 14.8 Å². The number of nitriles is 1. The predicted octanol–water partition coefficient (Wildman–Crippen LogP) is 2.35. The molecule has 0 aliphatic heterocycles. The van der Waals surface area contributed by atoms with Gasteiger partial charge in [-0.25, -0.2) is 0 Å². The topological polar surface area (TPSA) is 54.3 Å². The van der Waals surface area contributed by atoms with Gasteiger partial charge in [0.25, 0.3) is 0 Å². The van der Waals surface area contributed by atoms with Gasteiger partial charge in [-0.15, -0.1) is 0 Å². The van der Waals surface area contributed by atoms with E-state index in [4.69, 9.17) is 9.47 Å². The van der Waals surface area contributed by atoms with Gasteiger partial charge in [0.1, 0.15) is 12.1 Å². The normalized spacial score (nSPS) is 13.8. The number of rotatable bonds is 6. The third kappa shape index (κ3) is 3.94. The summed E-state index contributed by atoms with van der Waals surface area (Å²) < 4.78 is 10.9. The van der Waals surface area contributed by atoms with Crippen molar-refractivity contribution in [1.29, 1.82) is 5.26 Å². The Bertz CT molecular complexity index is 426. The Kier molecular flexibility index (Phi) is 4.99. The van der Waals surface area contributed by atoms with Crippen molar-refractivity contribution in [1.82, 2.24) is 5.32 Å². The van der Waals surface area contributed by atoms with Crippen LogP contribution in [-0.4, -0.2) is 25.3 Å². The van der Waals surface area contributed by atoms with Crippen LogP contribution in [0.4, 0.5) is 0 Å². The Morgan fingerprint density at radius 3 is 2.44 bits per heavy atom. The van der Waals surface area contributed by atoms with E-state index in [9.17, 15) is 5.26 Å². The van der Waals surface area contributed by atoms with E-state index >= 15 is 0 Å². The van der Waals surface area contributed by atoms with Crippen molar-refractivity contribution in [2.24, 2.45) is 0 Å². The maximum atomic E-state index is 9.21. The van der Waals surface area contributed by atoms with Crippen LogP contribution in [0, 0.1) is 11.3 Å². The number of methoxy groups -OCH3 is 1. The summed E-state index contributed by atoms with van der Waals surface area (Å²) in [5.74, 6) is 1.31. The summed E-state index contributed by atoms with van der Waals surface area (Å²) in [4.78, 5) is 0. The van der Waals surface area contributed by atoms with E-state index in [1.165, 1.54) is 0 Å². The molecule has 4 heteroatoms. The molecule has 0 fully saturated rings. The van der Waals surface area contributed by atoms with Crippen molar-refractivity contribution in [3.8, 4) is 17.6 Å². The minimum atomic E-state index is -0.713. The molecule has 0 aliphatic carbocycles. The fraction of sp³-hybridized carbons (Fsp3) is 0.500. The van der Waals surface area contributed by atoms with E-state index in [1.807, 2.05) is 45.0 Å². The highest BCUT2D eigenvalue weighted by molar-refractivity contribution is 5.39. The van der Waals surface area contributed by atoms with Crippen LogP contribution in [0.5, 0.6) is 11.5 Å². The monoisotopic (exact) mass is 248 g/mol. The first-order valence-electron chi connectivity index (χ1n) is 5.95. The molecule has 98 valence electrons. The Morgan fingerprint density at radius 2 is 1.94 bits per heavy atom. The van der Waals surface area contributed by atoms with Gasteiger partial charge in [-0.1, -0.05) is 12.1 Å². The number of benzene rings is 1. The Balaban J connectivity index is 2.71. The zero-order valence-corrected chi connectivity index (χ0v) is 11.4. The van der Waals surface area contributed by atoms with Crippen LogP contribution in [0.25, 0.3) is 0 Å². The van der Waals surface area contributed by atoms with Crippen LogP contribution in [0.1, 0.15) is 20.8 Å². The molecule has 1 atom stereocenters. The van der Waals surface area contributed by atoms with E-state index < -0.39 is 5.54 Å². The van der Waals surface area contributed by atoms with Crippen molar-refractivity contribution in [2.45, 2.75) is 32.4 Å². The van der Waals surface area contributed by atoms with Crippen molar-refractivity contribution in [2.75, 3.05) is 13.7 Å². The molecule has 0 saturated carbocycles. The largest absolute Gasteiger partial charge is 0.493 e. The van der Waals surface area contributed by atoms with E-state index in [0.717, 1.165) is 0 Å². The second-order valence-electron chi connectivity index (χ2n) is 4.68. The lowest BCUT2D eigenvalue weighted by Gasteiger charge is -2.26. The van der Waals surface area contributed by atoms with Crippen LogP contribution in [0.3, 0.4) is 0 Å².